The lowest BCUT2D eigenvalue weighted by Gasteiger charge is -2.38. The zero-order valence-electron chi connectivity index (χ0n) is 14.9. The molecule has 0 amide bonds. The first-order chi connectivity index (χ1) is 11.9. The fourth-order valence-electron chi connectivity index (χ4n) is 3.00. The van der Waals surface area contributed by atoms with Gasteiger partial charge in [-0.25, -0.2) is 4.98 Å². The molecule has 0 radical (unpaired) electrons. The average molecular weight is 357 g/mol. The van der Waals surface area contributed by atoms with Crippen LogP contribution in [0, 0.1) is 6.92 Å². The summed E-state index contributed by atoms with van der Waals surface area (Å²) in [7, 11) is 1.66. The van der Waals surface area contributed by atoms with Gasteiger partial charge in [0.05, 0.1) is 13.2 Å². The highest BCUT2D eigenvalue weighted by Crippen LogP contribution is 2.41. The SMILES string of the molecule is COc1ccc2c(c1)C(NC(=S)Nc1cc(C)ccn1)CC(C)(C)O2. The fourth-order valence-corrected chi connectivity index (χ4v) is 3.25. The largest absolute Gasteiger partial charge is 0.497 e. The first-order valence-electron chi connectivity index (χ1n) is 8.23. The minimum atomic E-state index is -0.281. The van der Waals surface area contributed by atoms with Crippen molar-refractivity contribution < 1.29 is 9.47 Å². The number of anilines is 1. The van der Waals surface area contributed by atoms with Crippen molar-refractivity contribution in [2.75, 3.05) is 12.4 Å². The van der Waals surface area contributed by atoms with E-state index in [0.29, 0.717) is 5.11 Å². The van der Waals surface area contributed by atoms with Crippen LogP contribution in [0.3, 0.4) is 0 Å². The van der Waals surface area contributed by atoms with E-state index in [4.69, 9.17) is 21.7 Å². The summed E-state index contributed by atoms with van der Waals surface area (Å²) in [6.07, 6.45) is 2.55. The van der Waals surface area contributed by atoms with Gasteiger partial charge in [-0.1, -0.05) is 0 Å². The van der Waals surface area contributed by atoms with Crippen LogP contribution in [0.5, 0.6) is 11.5 Å². The van der Waals surface area contributed by atoms with E-state index in [-0.39, 0.29) is 11.6 Å². The first-order valence-corrected chi connectivity index (χ1v) is 8.64. The van der Waals surface area contributed by atoms with E-state index < -0.39 is 0 Å². The second-order valence-electron chi connectivity index (χ2n) is 6.84. The Bertz CT molecular complexity index is 792. The third-order valence-corrected chi connectivity index (χ3v) is 4.36. The maximum atomic E-state index is 6.09. The van der Waals surface area contributed by atoms with Gasteiger partial charge >= 0.3 is 0 Å². The van der Waals surface area contributed by atoms with Gasteiger partial charge in [0.2, 0.25) is 0 Å². The van der Waals surface area contributed by atoms with E-state index in [1.165, 1.54) is 0 Å². The number of nitrogens with zero attached hydrogens (tertiary/aromatic N) is 1. The number of rotatable bonds is 3. The molecule has 1 aliphatic heterocycles. The summed E-state index contributed by atoms with van der Waals surface area (Å²) in [6, 6.07) is 9.78. The molecule has 132 valence electrons. The van der Waals surface area contributed by atoms with Crippen LogP contribution in [0.4, 0.5) is 5.82 Å². The minimum Gasteiger partial charge on any atom is -0.497 e. The van der Waals surface area contributed by atoms with E-state index >= 15 is 0 Å². The molecule has 1 aromatic carbocycles. The van der Waals surface area contributed by atoms with Crippen LogP contribution in [0.1, 0.15) is 37.4 Å². The number of methoxy groups -OCH3 is 1. The molecule has 0 bridgehead atoms. The van der Waals surface area contributed by atoms with E-state index in [1.54, 1.807) is 13.3 Å². The average Bonchev–Trinajstić information content (AvgIpc) is 2.53. The van der Waals surface area contributed by atoms with Crippen LogP contribution < -0.4 is 20.1 Å². The molecule has 2 N–H and O–H groups in total. The lowest BCUT2D eigenvalue weighted by atomic mass is 9.89. The van der Waals surface area contributed by atoms with Crippen molar-refractivity contribution in [3.05, 3.63) is 47.7 Å². The number of thiocarbonyl (C=S) groups is 1. The molecule has 1 aliphatic rings. The molecular weight excluding hydrogens is 334 g/mol. The topological polar surface area (TPSA) is 55.4 Å². The monoisotopic (exact) mass is 357 g/mol. The molecule has 3 rings (SSSR count). The second-order valence-corrected chi connectivity index (χ2v) is 7.25. The van der Waals surface area contributed by atoms with E-state index in [1.807, 2.05) is 37.3 Å². The highest BCUT2D eigenvalue weighted by Gasteiger charge is 2.34. The van der Waals surface area contributed by atoms with Gasteiger partial charge in [0.15, 0.2) is 5.11 Å². The number of hydrogen-bond acceptors (Lipinski definition) is 4. The molecule has 25 heavy (non-hydrogen) atoms. The van der Waals surface area contributed by atoms with Crippen molar-refractivity contribution >= 4 is 23.1 Å². The van der Waals surface area contributed by atoms with Gasteiger partial charge in [0, 0.05) is 18.2 Å². The Hall–Kier alpha value is -2.34. The number of fused-ring (bicyclic) bond motifs is 1. The van der Waals surface area contributed by atoms with Gasteiger partial charge in [-0.05, 0) is 68.9 Å². The Kier molecular flexibility index (Phi) is 4.81. The van der Waals surface area contributed by atoms with Crippen LogP contribution in [0.25, 0.3) is 0 Å². The molecule has 2 aromatic rings. The molecule has 1 atom stereocenters. The number of aromatic nitrogens is 1. The second kappa shape index (κ2) is 6.88. The van der Waals surface area contributed by atoms with Crippen molar-refractivity contribution in [1.29, 1.82) is 0 Å². The Morgan fingerprint density at radius 1 is 1.32 bits per heavy atom. The normalized spacial score (nSPS) is 17.8. The standard InChI is InChI=1S/C19H23N3O2S/c1-12-7-8-20-17(9-12)22-18(25)21-15-11-19(2,3)24-16-6-5-13(23-4)10-14(15)16/h5-10,15H,11H2,1-4H3,(H2,20,21,22,25). The maximum absolute atomic E-state index is 6.09. The zero-order chi connectivity index (χ0) is 18.0. The van der Waals surface area contributed by atoms with Crippen LogP contribution in [-0.4, -0.2) is 22.8 Å². The highest BCUT2D eigenvalue weighted by molar-refractivity contribution is 7.80. The maximum Gasteiger partial charge on any atom is 0.172 e. The molecule has 0 spiro atoms. The summed E-state index contributed by atoms with van der Waals surface area (Å²) >= 11 is 5.49. The third kappa shape index (κ3) is 4.20. The number of hydrogen-bond donors (Lipinski definition) is 2. The number of pyridine rings is 1. The van der Waals surface area contributed by atoms with Crippen LogP contribution >= 0.6 is 12.2 Å². The molecule has 0 saturated carbocycles. The summed E-state index contributed by atoms with van der Waals surface area (Å²) in [5, 5.41) is 7.09. The molecule has 0 aliphatic carbocycles. The number of ether oxygens (including phenoxy) is 2. The smallest absolute Gasteiger partial charge is 0.172 e. The van der Waals surface area contributed by atoms with Crippen LogP contribution in [0.2, 0.25) is 0 Å². The van der Waals surface area contributed by atoms with Gasteiger partial charge in [0.25, 0.3) is 0 Å². The van der Waals surface area contributed by atoms with Crippen molar-refractivity contribution in [2.45, 2.75) is 38.8 Å². The molecule has 5 nitrogen and oxygen atoms in total. The molecule has 0 saturated heterocycles. The van der Waals surface area contributed by atoms with Crippen molar-refractivity contribution in [3.8, 4) is 11.5 Å². The molecule has 1 unspecified atom stereocenters. The van der Waals surface area contributed by atoms with E-state index in [9.17, 15) is 0 Å². The Balaban J connectivity index is 1.80. The first kappa shape index (κ1) is 17.5. The lowest BCUT2D eigenvalue weighted by molar-refractivity contribution is 0.0695. The van der Waals surface area contributed by atoms with Crippen molar-refractivity contribution in [2.24, 2.45) is 0 Å². The minimum absolute atomic E-state index is 0.0265. The zero-order valence-corrected chi connectivity index (χ0v) is 15.7. The van der Waals surface area contributed by atoms with Gasteiger partial charge in [-0.3, -0.25) is 0 Å². The molecule has 1 aromatic heterocycles. The van der Waals surface area contributed by atoms with Crippen LogP contribution in [-0.2, 0) is 0 Å². The number of aryl methyl sites for hydroxylation is 1. The quantitative estimate of drug-likeness (QED) is 0.810. The summed E-state index contributed by atoms with van der Waals surface area (Å²) < 4.78 is 11.4. The predicted molar refractivity (Wildman–Crippen MR) is 103 cm³/mol. The summed E-state index contributed by atoms with van der Waals surface area (Å²) in [4.78, 5) is 4.29. The van der Waals surface area contributed by atoms with Crippen LogP contribution in [0.15, 0.2) is 36.5 Å². The Morgan fingerprint density at radius 3 is 2.84 bits per heavy atom. The van der Waals surface area contributed by atoms with Crippen molar-refractivity contribution in [1.82, 2.24) is 10.3 Å². The summed E-state index contributed by atoms with van der Waals surface area (Å²) in [5.41, 5.74) is 1.89. The summed E-state index contributed by atoms with van der Waals surface area (Å²) in [6.45, 7) is 6.17. The Labute approximate surface area is 153 Å². The highest BCUT2D eigenvalue weighted by atomic mass is 32.1. The van der Waals surface area contributed by atoms with E-state index in [0.717, 1.165) is 34.9 Å². The number of nitrogens with one attached hydrogen (secondary N) is 2. The van der Waals surface area contributed by atoms with Gasteiger partial charge in [0.1, 0.15) is 22.9 Å². The van der Waals surface area contributed by atoms with Gasteiger partial charge < -0.3 is 20.1 Å². The lowest BCUT2D eigenvalue weighted by Crippen LogP contribution is -2.42. The van der Waals surface area contributed by atoms with Gasteiger partial charge in [-0.2, -0.15) is 0 Å². The fraction of sp³-hybridized carbons (Fsp3) is 0.368. The van der Waals surface area contributed by atoms with Crippen molar-refractivity contribution in [3.63, 3.8) is 0 Å². The predicted octanol–water partition coefficient (Wildman–Crippen LogP) is 3.99. The molecule has 0 fully saturated rings. The van der Waals surface area contributed by atoms with Gasteiger partial charge in [-0.15, -0.1) is 0 Å². The Morgan fingerprint density at radius 2 is 2.12 bits per heavy atom. The third-order valence-electron chi connectivity index (χ3n) is 4.14. The molecule has 6 heteroatoms. The summed E-state index contributed by atoms with van der Waals surface area (Å²) in [5.74, 6) is 2.38. The number of benzene rings is 1. The molecular formula is C19H23N3O2S. The molecule has 2 heterocycles. The van der Waals surface area contributed by atoms with E-state index in [2.05, 4.69) is 29.5 Å².